The minimum absolute atomic E-state index is 0.0291. The lowest BCUT2D eigenvalue weighted by atomic mass is 10.0. The van der Waals surface area contributed by atoms with E-state index in [0.29, 0.717) is 10.7 Å². The molecule has 0 fully saturated rings. The third-order valence-corrected chi connectivity index (χ3v) is 5.12. The van der Waals surface area contributed by atoms with Crippen molar-refractivity contribution < 1.29 is 14.7 Å². The Morgan fingerprint density at radius 2 is 1.81 bits per heavy atom. The number of carboxylic acid groups (broad SMARTS) is 1. The highest BCUT2D eigenvalue weighted by Crippen LogP contribution is 2.33. The topological polar surface area (TPSA) is 67.3 Å². The predicted molar refractivity (Wildman–Crippen MR) is 104 cm³/mol. The minimum Gasteiger partial charge on any atom is -0.481 e. The van der Waals surface area contributed by atoms with Crippen molar-refractivity contribution in [3.05, 3.63) is 64.6 Å². The lowest BCUT2D eigenvalue weighted by Crippen LogP contribution is -2.06. The monoisotopic (exact) mass is 385 g/mol. The molecule has 4 nitrogen and oxygen atoms in total. The maximum absolute atomic E-state index is 11.8. The SMILES string of the molecule is O=C(O)CCC(=O)Cc1csc(-c2ccc(Cl)c(-c3ccccc3)c2)n1. The number of aliphatic carboxylic acids is 1. The highest BCUT2D eigenvalue weighted by atomic mass is 35.5. The third kappa shape index (κ3) is 4.56. The van der Waals surface area contributed by atoms with Gasteiger partial charge in [-0.25, -0.2) is 4.98 Å². The summed E-state index contributed by atoms with van der Waals surface area (Å²) in [5.41, 5.74) is 3.55. The molecule has 1 aromatic heterocycles. The van der Waals surface area contributed by atoms with Gasteiger partial charge in [0.1, 0.15) is 10.8 Å². The third-order valence-electron chi connectivity index (χ3n) is 3.85. The predicted octanol–water partition coefficient (Wildman–Crippen LogP) is 5.11. The Hall–Kier alpha value is -2.50. The molecule has 132 valence electrons. The Labute approximate surface area is 160 Å². The summed E-state index contributed by atoms with van der Waals surface area (Å²) in [6, 6.07) is 15.6. The Bertz CT molecular complexity index is 937. The number of nitrogens with zero attached hydrogens (tertiary/aromatic N) is 1. The lowest BCUT2D eigenvalue weighted by molar-refractivity contribution is -0.138. The van der Waals surface area contributed by atoms with Crippen LogP contribution in [0.1, 0.15) is 18.5 Å². The van der Waals surface area contributed by atoms with Crippen LogP contribution >= 0.6 is 22.9 Å². The molecule has 0 radical (unpaired) electrons. The summed E-state index contributed by atoms with van der Waals surface area (Å²) < 4.78 is 0. The van der Waals surface area contributed by atoms with Crippen LogP contribution in [-0.4, -0.2) is 21.8 Å². The lowest BCUT2D eigenvalue weighted by Gasteiger charge is -2.06. The Kier molecular flexibility index (Phi) is 5.81. The molecule has 0 amide bonds. The molecule has 0 aliphatic rings. The molecule has 2 aromatic carbocycles. The Morgan fingerprint density at radius 3 is 2.54 bits per heavy atom. The van der Waals surface area contributed by atoms with Crippen molar-refractivity contribution >= 4 is 34.7 Å². The zero-order chi connectivity index (χ0) is 18.5. The van der Waals surface area contributed by atoms with E-state index in [1.54, 1.807) is 0 Å². The molecule has 6 heteroatoms. The second-order valence-corrected chi connectivity index (χ2v) is 7.08. The maximum Gasteiger partial charge on any atom is 0.303 e. The van der Waals surface area contributed by atoms with Gasteiger partial charge in [-0.1, -0.05) is 48.0 Å². The van der Waals surface area contributed by atoms with Crippen molar-refractivity contribution in [3.63, 3.8) is 0 Å². The van der Waals surface area contributed by atoms with E-state index in [1.165, 1.54) is 11.3 Å². The van der Waals surface area contributed by atoms with Gasteiger partial charge in [0.25, 0.3) is 0 Å². The number of aromatic nitrogens is 1. The largest absolute Gasteiger partial charge is 0.481 e. The van der Waals surface area contributed by atoms with Gasteiger partial charge in [-0.15, -0.1) is 11.3 Å². The molecule has 0 aliphatic heterocycles. The van der Waals surface area contributed by atoms with Crippen molar-refractivity contribution in [2.45, 2.75) is 19.3 Å². The molecule has 0 bridgehead atoms. The smallest absolute Gasteiger partial charge is 0.303 e. The number of carbonyl (C=O) groups is 2. The van der Waals surface area contributed by atoms with Crippen LogP contribution in [0.2, 0.25) is 5.02 Å². The molecule has 0 aliphatic carbocycles. The van der Waals surface area contributed by atoms with Crippen LogP contribution in [0, 0.1) is 0 Å². The normalized spacial score (nSPS) is 10.7. The van der Waals surface area contributed by atoms with Gasteiger partial charge in [-0.3, -0.25) is 9.59 Å². The average molecular weight is 386 g/mol. The van der Waals surface area contributed by atoms with Gasteiger partial charge in [0, 0.05) is 34.4 Å². The second-order valence-electron chi connectivity index (χ2n) is 5.81. The van der Waals surface area contributed by atoms with Crippen LogP contribution < -0.4 is 0 Å². The number of rotatable bonds is 7. The Balaban J connectivity index is 1.79. The highest BCUT2D eigenvalue weighted by molar-refractivity contribution is 7.13. The fourth-order valence-corrected chi connectivity index (χ4v) is 3.60. The molecule has 1 heterocycles. The van der Waals surface area contributed by atoms with Crippen LogP contribution in [0.4, 0.5) is 0 Å². The van der Waals surface area contributed by atoms with E-state index in [2.05, 4.69) is 4.98 Å². The van der Waals surface area contributed by atoms with Crippen LogP contribution in [0.15, 0.2) is 53.9 Å². The van der Waals surface area contributed by atoms with Crippen LogP contribution in [0.3, 0.4) is 0 Å². The first kappa shape index (κ1) is 18.3. The average Bonchev–Trinajstić information content (AvgIpc) is 3.09. The molecule has 0 unspecified atom stereocenters. The number of benzene rings is 2. The van der Waals surface area contributed by atoms with Gasteiger partial charge < -0.3 is 5.11 Å². The number of ketones is 1. The highest BCUT2D eigenvalue weighted by Gasteiger charge is 2.12. The molecule has 3 aromatic rings. The fraction of sp³-hybridized carbons (Fsp3) is 0.150. The van der Waals surface area contributed by atoms with Crippen LogP contribution in [-0.2, 0) is 16.0 Å². The van der Waals surface area contributed by atoms with E-state index in [0.717, 1.165) is 21.7 Å². The quantitative estimate of drug-likeness (QED) is 0.613. The van der Waals surface area contributed by atoms with Gasteiger partial charge in [0.05, 0.1) is 12.1 Å². The van der Waals surface area contributed by atoms with Crippen molar-refractivity contribution in [1.82, 2.24) is 4.98 Å². The summed E-state index contributed by atoms with van der Waals surface area (Å²) in [5.74, 6) is -1.09. The summed E-state index contributed by atoms with van der Waals surface area (Å²) in [4.78, 5) is 26.9. The van der Waals surface area contributed by atoms with Gasteiger partial charge in [-0.2, -0.15) is 0 Å². The number of halogens is 1. The number of carboxylic acids is 1. The summed E-state index contributed by atoms with van der Waals surface area (Å²) in [6.45, 7) is 0. The molecular formula is C20H16ClNO3S. The zero-order valence-corrected chi connectivity index (χ0v) is 15.4. The molecule has 1 N–H and O–H groups in total. The molecule has 3 rings (SSSR count). The van der Waals surface area contributed by atoms with Crippen molar-refractivity contribution in [3.8, 4) is 21.7 Å². The Morgan fingerprint density at radius 1 is 1.04 bits per heavy atom. The molecule has 0 saturated carbocycles. The van der Waals surface area contributed by atoms with Gasteiger partial charge in [0.2, 0.25) is 0 Å². The summed E-state index contributed by atoms with van der Waals surface area (Å²) in [6.07, 6.45) is 0.0393. The van der Waals surface area contributed by atoms with Gasteiger partial charge in [0.15, 0.2) is 0 Å². The fourth-order valence-electron chi connectivity index (χ4n) is 2.55. The minimum atomic E-state index is -0.966. The summed E-state index contributed by atoms with van der Waals surface area (Å²) in [5, 5.41) is 12.0. The van der Waals surface area contributed by atoms with Crippen LogP contribution in [0.25, 0.3) is 21.7 Å². The molecule has 0 atom stereocenters. The summed E-state index contributed by atoms with van der Waals surface area (Å²) in [7, 11) is 0. The van der Waals surface area contributed by atoms with Gasteiger partial charge >= 0.3 is 5.97 Å². The van der Waals surface area contributed by atoms with Gasteiger partial charge in [-0.05, 0) is 17.7 Å². The number of carbonyl (C=O) groups excluding carboxylic acids is 1. The second kappa shape index (κ2) is 8.25. The number of Topliss-reactive ketones (excluding diaryl/α,β-unsaturated/α-hetero) is 1. The van der Waals surface area contributed by atoms with E-state index in [1.807, 2.05) is 53.9 Å². The van der Waals surface area contributed by atoms with E-state index in [9.17, 15) is 9.59 Å². The van der Waals surface area contributed by atoms with E-state index >= 15 is 0 Å². The molecule has 0 saturated heterocycles. The first-order valence-electron chi connectivity index (χ1n) is 8.06. The molecular weight excluding hydrogens is 370 g/mol. The summed E-state index contributed by atoms with van der Waals surface area (Å²) >= 11 is 7.80. The van der Waals surface area contributed by atoms with E-state index in [-0.39, 0.29) is 25.0 Å². The first-order valence-corrected chi connectivity index (χ1v) is 9.32. The number of hydrogen-bond acceptors (Lipinski definition) is 4. The van der Waals surface area contributed by atoms with Crippen LogP contribution in [0.5, 0.6) is 0 Å². The molecule has 26 heavy (non-hydrogen) atoms. The number of thiazole rings is 1. The van der Waals surface area contributed by atoms with E-state index in [4.69, 9.17) is 16.7 Å². The maximum atomic E-state index is 11.8. The van der Waals surface area contributed by atoms with Crippen molar-refractivity contribution in [2.75, 3.05) is 0 Å². The van der Waals surface area contributed by atoms with Crippen molar-refractivity contribution in [1.29, 1.82) is 0 Å². The number of hydrogen-bond donors (Lipinski definition) is 1. The first-order chi connectivity index (χ1) is 12.5. The molecule has 0 spiro atoms. The van der Waals surface area contributed by atoms with Crippen molar-refractivity contribution in [2.24, 2.45) is 0 Å². The standard InChI is InChI=1S/C20H16ClNO3S/c21-18-8-6-14(10-17(18)13-4-2-1-3-5-13)20-22-15(12-26-20)11-16(23)7-9-19(24)25/h1-6,8,10,12H,7,9,11H2,(H,24,25). The zero-order valence-electron chi connectivity index (χ0n) is 13.8. The van der Waals surface area contributed by atoms with E-state index < -0.39 is 5.97 Å².